The Labute approximate surface area is 109 Å². The van der Waals surface area contributed by atoms with Crippen LogP contribution in [0.2, 0.25) is 0 Å². The molecule has 0 radical (unpaired) electrons. The lowest BCUT2D eigenvalue weighted by atomic mass is 9.99. The number of benzene rings is 1. The van der Waals surface area contributed by atoms with Crippen molar-refractivity contribution in [3.05, 3.63) is 35.0 Å². The Hall–Kier alpha value is -1.73. The van der Waals surface area contributed by atoms with Gasteiger partial charge in [-0.15, -0.1) is 11.3 Å². The highest BCUT2D eigenvalue weighted by Crippen LogP contribution is 2.28. The van der Waals surface area contributed by atoms with E-state index >= 15 is 0 Å². The quantitative estimate of drug-likeness (QED) is 0.775. The third-order valence-electron chi connectivity index (χ3n) is 2.77. The predicted molar refractivity (Wildman–Crippen MR) is 70.1 cm³/mol. The van der Waals surface area contributed by atoms with Crippen molar-refractivity contribution >= 4 is 27.2 Å². The smallest absolute Gasteiger partial charge is 0.189 e. The molecule has 0 fully saturated rings. The van der Waals surface area contributed by atoms with Crippen molar-refractivity contribution in [2.45, 2.75) is 19.8 Å². The van der Waals surface area contributed by atoms with Crippen LogP contribution in [0, 0.1) is 23.1 Å². The van der Waals surface area contributed by atoms with Crippen LogP contribution in [-0.4, -0.2) is 5.78 Å². The fourth-order valence-electron chi connectivity index (χ4n) is 1.84. The average Bonchev–Trinajstić information content (AvgIpc) is 2.77. The summed E-state index contributed by atoms with van der Waals surface area (Å²) in [7, 11) is 0. The van der Waals surface area contributed by atoms with Gasteiger partial charge in [0.25, 0.3) is 0 Å². The van der Waals surface area contributed by atoms with Gasteiger partial charge in [-0.3, -0.25) is 4.79 Å². The van der Waals surface area contributed by atoms with Gasteiger partial charge in [-0.2, -0.15) is 5.26 Å². The van der Waals surface area contributed by atoms with Gasteiger partial charge in [0.15, 0.2) is 5.78 Å². The average molecular weight is 261 g/mol. The number of fused-ring (bicyclic) bond motifs is 1. The number of carbonyl (C=O) groups is 1. The van der Waals surface area contributed by atoms with Gasteiger partial charge in [0.1, 0.15) is 11.7 Å². The maximum absolute atomic E-state index is 13.1. The largest absolute Gasteiger partial charge is 0.292 e. The minimum Gasteiger partial charge on any atom is -0.292 e. The van der Waals surface area contributed by atoms with Crippen LogP contribution in [0.3, 0.4) is 0 Å². The van der Waals surface area contributed by atoms with E-state index < -0.39 is 5.92 Å². The Morgan fingerprint density at radius 3 is 2.94 bits per heavy atom. The van der Waals surface area contributed by atoms with Gasteiger partial charge in [-0.05, 0) is 30.0 Å². The summed E-state index contributed by atoms with van der Waals surface area (Å²) < 4.78 is 13.8. The molecular weight excluding hydrogens is 249 g/mol. The molecular formula is C14H12FNOS. The topological polar surface area (TPSA) is 40.9 Å². The Bertz CT molecular complexity index is 626. The van der Waals surface area contributed by atoms with Crippen molar-refractivity contribution in [3.8, 4) is 6.07 Å². The molecule has 0 saturated carbocycles. The van der Waals surface area contributed by atoms with Crippen LogP contribution in [0.25, 0.3) is 10.1 Å². The van der Waals surface area contributed by atoms with Gasteiger partial charge in [0.2, 0.25) is 0 Å². The summed E-state index contributed by atoms with van der Waals surface area (Å²) in [5.41, 5.74) is 0. The van der Waals surface area contributed by atoms with Gasteiger partial charge >= 0.3 is 0 Å². The molecule has 0 bridgehead atoms. The summed E-state index contributed by atoms with van der Waals surface area (Å²) >= 11 is 1.25. The molecule has 0 aliphatic rings. The van der Waals surface area contributed by atoms with Crippen molar-refractivity contribution in [1.29, 1.82) is 5.26 Å². The summed E-state index contributed by atoms with van der Waals surface area (Å²) in [5, 5.41) is 9.83. The maximum atomic E-state index is 13.1. The van der Waals surface area contributed by atoms with Gasteiger partial charge in [0.05, 0.1) is 10.9 Å². The second-order valence-electron chi connectivity index (χ2n) is 4.13. The van der Waals surface area contributed by atoms with Crippen molar-refractivity contribution in [3.63, 3.8) is 0 Å². The fraction of sp³-hybridized carbons (Fsp3) is 0.286. The number of rotatable bonds is 4. The van der Waals surface area contributed by atoms with E-state index in [1.165, 1.54) is 23.5 Å². The zero-order chi connectivity index (χ0) is 13.1. The minimum atomic E-state index is -0.590. The second kappa shape index (κ2) is 5.28. The number of nitriles is 1. The Morgan fingerprint density at radius 1 is 1.50 bits per heavy atom. The zero-order valence-electron chi connectivity index (χ0n) is 9.94. The number of ketones is 1. The van der Waals surface area contributed by atoms with E-state index in [2.05, 4.69) is 0 Å². The summed E-state index contributed by atoms with van der Waals surface area (Å²) in [5.74, 6) is -1.05. The van der Waals surface area contributed by atoms with Gasteiger partial charge < -0.3 is 0 Å². The third kappa shape index (κ3) is 2.41. The monoisotopic (exact) mass is 261 g/mol. The summed E-state index contributed by atoms with van der Waals surface area (Å²) in [6.07, 6.45) is 1.36. The van der Waals surface area contributed by atoms with Crippen LogP contribution >= 0.6 is 11.3 Å². The van der Waals surface area contributed by atoms with Crippen LogP contribution in [0.1, 0.15) is 29.4 Å². The van der Waals surface area contributed by atoms with E-state index in [0.717, 1.165) is 16.5 Å². The van der Waals surface area contributed by atoms with E-state index in [1.54, 1.807) is 12.1 Å². The van der Waals surface area contributed by atoms with Crippen molar-refractivity contribution in [2.75, 3.05) is 0 Å². The lowest BCUT2D eigenvalue weighted by Crippen LogP contribution is -2.11. The normalized spacial score (nSPS) is 12.3. The standard InChI is InChI=1S/C14H12FNOS/c1-2-3-10(8-16)14(17)13-6-9-4-5-11(15)7-12(9)18-13/h4-7,10H,2-3H2,1H3. The molecule has 4 heteroatoms. The minimum absolute atomic E-state index is 0.152. The first-order chi connectivity index (χ1) is 8.65. The number of thiophene rings is 1. The molecule has 0 aliphatic carbocycles. The molecule has 1 heterocycles. The first-order valence-electron chi connectivity index (χ1n) is 5.78. The summed E-state index contributed by atoms with van der Waals surface area (Å²) in [6, 6.07) is 8.22. The number of hydrogen-bond donors (Lipinski definition) is 0. The van der Waals surface area contributed by atoms with Crippen LogP contribution in [0.15, 0.2) is 24.3 Å². The van der Waals surface area contributed by atoms with Crippen molar-refractivity contribution in [2.24, 2.45) is 5.92 Å². The highest BCUT2D eigenvalue weighted by molar-refractivity contribution is 7.20. The van der Waals surface area contributed by atoms with Crippen LogP contribution in [-0.2, 0) is 0 Å². The van der Waals surface area contributed by atoms with E-state index in [0.29, 0.717) is 11.3 Å². The van der Waals surface area contributed by atoms with Crippen molar-refractivity contribution < 1.29 is 9.18 Å². The number of nitrogens with zero attached hydrogens (tertiary/aromatic N) is 1. The van der Waals surface area contributed by atoms with E-state index in [9.17, 15) is 9.18 Å². The molecule has 1 atom stereocenters. The summed E-state index contributed by atoms with van der Waals surface area (Å²) in [4.78, 5) is 12.7. The van der Waals surface area contributed by atoms with Gasteiger partial charge in [0, 0.05) is 4.70 Å². The maximum Gasteiger partial charge on any atom is 0.189 e. The lowest BCUT2D eigenvalue weighted by molar-refractivity contribution is 0.0948. The predicted octanol–water partition coefficient (Wildman–Crippen LogP) is 4.16. The first-order valence-corrected chi connectivity index (χ1v) is 6.60. The molecule has 0 amide bonds. The molecule has 2 nitrogen and oxygen atoms in total. The number of carbonyl (C=O) groups excluding carboxylic acids is 1. The lowest BCUT2D eigenvalue weighted by Gasteiger charge is -2.03. The Balaban J connectivity index is 2.36. The highest BCUT2D eigenvalue weighted by Gasteiger charge is 2.20. The molecule has 18 heavy (non-hydrogen) atoms. The third-order valence-corrected chi connectivity index (χ3v) is 3.89. The number of hydrogen-bond acceptors (Lipinski definition) is 3. The molecule has 2 rings (SSSR count). The molecule has 1 aromatic heterocycles. The molecule has 1 aromatic carbocycles. The van der Waals surface area contributed by atoms with Gasteiger partial charge in [-0.25, -0.2) is 4.39 Å². The molecule has 0 N–H and O–H groups in total. The van der Waals surface area contributed by atoms with Crippen LogP contribution in [0.5, 0.6) is 0 Å². The zero-order valence-corrected chi connectivity index (χ0v) is 10.8. The van der Waals surface area contributed by atoms with E-state index in [4.69, 9.17) is 5.26 Å². The molecule has 2 aromatic rings. The Kier molecular flexibility index (Phi) is 3.73. The molecule has 92 valence electrons. The SMILES string of the molecule is CCCC(C#N)C(=O)c1cc2ccc(F)cc2s1. The number of Topliss-reactive ketones (excluding diaryl/α,β-unsaturated/α-hetero) is 1. The molecule has 0 spiro atoms. The van der Waals surface area contributed by atoms with Crippen molar-refractivity contribution in [1.82, 2.24) is 0 Å². The fourth-order valence-corrected chi connectivity index (χ4v) is 2.92. The molecule has 1 unspecified atom stereocenters. The van der Waals surface area contributed by atoms with E-state index in [1.807, 2.05) is 13.0 Å². The summed E-state index contributed by atoms with van der Waals surface area (Å²) in [6.45, 7) is 1.94. The first kappa shape index (κ1) is 12.7. The Morgan fingerprint density at radius 2 is 2.28 bits per heavy atom. The second-order valence-corrected chi connectivity index (χ2v) is 5.21. The van der Waals surface area contributed by atoms with Crippen LogP contribution in [0.4, 0.5) is 4.39 Å². The van der Waals surface area contributed by atoms with E-state index in [-0.39, 0.29) is 11.6 Å². The number of halogens is 1. The molecule has 0 saturated heterocycles. The highest BCUT2D eigenvalue weighted by atomic mass is 32.1. The molecule has 0 aliphatic heterocycles. The van der Waals surface area contributed by atoms with Gasteiger partial charge in [-0.1, -0.05) is 19.4 Å². The van der Waals surface area contributed by atoms with Crippen LogP contribution < -0.4 is 0 Å².